The van der Waals surface area contributed by atoms with Crippen LogP contribution in [0.1, 0.15) is 18.4 Å². The average molecular weight is 368 g/mol. The Bertz CT molecular complexity index is 710. The maximum Gasteiger partial charge on any atom is 0.257 e. The normalized spacial score (nSPS) is 16.2. The number of anilines is 1. The van der Waals surface area contributed by atoms with Gasteiger partial charge < -0.3 is 5.32 Å². The van der Waals surface area contributed by atoms with Crippen molar-refractivity contribution in [1.29, 1.82) is 0 Å². The first kappa shape index (κ1) is 19.2. The van der Waals surface area contributed by atoms with Gasteiger partial charge in [0.1, 0.15) is 0 Å². The number of sulfonamides is 1. The average Bonchev–Trinajstić information content (AvgIpc) is 2.58. The first-order chi connectivity index (χ1) is 11.8. The minimum atomic E-state index is -3.21. The number of carbonyl (C=O) groups is 2. The SMILES string of the molecule is Cc1ccc(NCC(=O)NNC(=O)C2CCN(S(C)(=O)=O)CC2)cc1. The highest BCUT2D eigenvalue weighted by Crippen LogP contribution is 2.18. The number of rotatable bonds is 5. The van der Waals surface area contributed by atoms with E-state index in [4.69, 9.17) is 0 Å². The molecule has 2 amide bonds. The zero-order valence-corrected chi connectivity index (χ0v) is 15.2. The molecule has 1 fully saturated rings. The topological polar surface area (TPSA) is 108 Å². The van der Waals surface area contributed by atoms with Crippen LogP contribution in [0.3, 0.4) is 0 Å². The second kappa shape index (κ2) is 8.30. The molecule has 1 aliphatic rings. The van der Waals surface area contributed by atoms with Crippen molar-refractivity contribution in [2.45, 2.75) is 19.8 Å². The van der Waals surface area contributed by atoms with Crippen molar-refractivity contribution in [3.8, 4) is 0 Å². The fraction of sp³-hybridized carbons (Fsp3) is 0.500. The molecule has 0 saturated carbocycles. The van der Waals surface area contributed by atoms with Crippen LogP contribution in [0.2, 0.25) is 0 Å². The Labute approximate surface area is 148 Å². The zero-order valence-electron chi connectivity index (χ0n) is 14.4. The number of carbonyl (C=O) groups excluding carboxylic acids is 2. The Morgan fingerprint density at radius 2 is 1.72 bits per heavy atom. The molecule has 0 spiro atoms. The molecular formula is C16H24N4O4S. The first-order valence-electron chi connectivity index (χ1n) is 8.10. The molecule has 1 aliphatic heterocycles. The highest BCUT2D eigenvalue weighted by Gasteiger charge is 2.28. The number of amides is 2. The van der Waals surface area contributed by atoms with E-state index < -0.39 is 10.0 Å². The van der Waals surface area contributed by atoms with E-state index in [1.807, 2.05) is 31.2 Å². The first-order valence-corrected chi connectivity index (χ1v) is 9.95. The number of piperidine rings is 1. The molecule has 0 aromatic heterocycles. The van der Waals surface area contributed by atoms with Gasteiger partial charge in [0, 0.05) is 24.7 Å². The van der Waals surface area contributed by atoms with Gasteiger partial charge in [0.2, 0.25) is 15.9 Å². The lowest BCUT2D eigenvalue weighted by Crippen LogP contribution is -2.49. The van der Waals surface area contributed by atoms with Crippen LogP contribution in [-0.2, 0) is 19.6 Å². The van der Waals surface area contributed by atoms with Gasteiger partial charge in [-0.3, -0.25) is 20.4 Å². The molecule has 1 aromatic rings. The van der Waals surface area contributed by atoms with Gasteiger partial charge in [0.15, 0.2) is 0 Å². The number of aryl methyl sites for hydroxylation is 1. The van der Waals surface area contributed by atoms with E-state index in [1.54, 1.807) is 0 Å². The highest BCUT2D eigenvalue weighted by atomic mass is 32.2. The summed E-state index contributed by atoms with van der Waals surface area (Å²) in [7, 11) is -3.21. The molecule has 8 nitrogen and oxygen atoms in total. The number of hydrogen-bond donors (Lipinski definition) is 3. The Balaban J connectivity index is 1.69. The minimum absolute atomic E-state index is 0.0376. The lowest BCUT2D eigenvalue weighted by Gasteiger charge is -2.29. The van der Waals surface area contributed by atoms with Crippen LogP contribution in [0.25, 0.3) is 0 Å². The van der Waals surface area contributed by atoms with E-state index >= 15 is 0 Å². The second-order valence-electron chi connectivity index (χ2n) is 6.19. The molecule has 2 rings (SSSR count). The molecule has 9 heteroatoms. The van der Waals surface area contributed by atoms with Gasteiger partial charge in [-0.1, -0.05) is 17.7 Å². The van der Waals surface area contributed by atoms with Crippen molar-refractivity contribution in [2.24, 2.45) is 5.92 Å². The summed E-state index contributed by atoms with van der Waals surface area (Å²) in [6, 6.07) is 7.61. The molecule has 0 radical (unpaired) electrons. The highest BCUT2D eigenvalue weighted by molar-refractivity contribution is 7.88. The third kappa shape index (κ3) is 6.02. The van der Waals surface area contributed by atoms with Crippen LogP contribution < -0.4 is 16.2 Å². The molecule has 0 bridgehead atoms. The van der Waals surface area contributed by atoms with E-state index in [2.05, 4.69) is 16.2 Å². The molecule has 1 aromatic carbocycles. The molecule has 3 N–H and O–H groups in total. The van der Waals surface area contributed by atoms with Crippen molar-refractivity contribution < 1.29 is 18.0 Å². The number of hydrazine groups is 1. The van der Waals surface area contributed by atoms with Gasteiger partial charge in [-0.05, 0) is 31.9 Å². The summed E-state index contributed by atoms with van der Waals surface area (Å²) in [5.41, 5.74) is 6.72. The Kier molecular flexibility index (Phi) is 6.38. The van der Waals surface area contributed by atoms with Gasteiger partial charge in [-0.2, -0.15) is 0 Å². The van der Waals surface area contributed by atoms with Crippen LogP contribution in [0.4, 0.5) is 5.69 Å². The largest absolute Gasteiger partial charge is 0.376 e. The van der Waals surface area contributed by atoms with Crippen LogP contribution >= 0.6 is 0 Å². The van der Waals surface area contributed by atoms with E-state index in [-0.39, 0.29) is 24.3 Å². The van der Waals surface area contributed by atoms with Gasteiger partial charge >= 0.3 is 0 Å². The molecule has 0 aliphatic carbocycles. The van der Waals surface area contributed by atoms with E-state index in [0.29, 0.717) is 25.9 Å². The summed E-state index contributed by atoms with van der Waals surface area (Å²) in [6.07, 6.45) is 2.04. The van der Waals surface area contributed by atoms with Crippen LogP contribution in [0, 0.1) is 12.8 Å². The maximum atomic E-state index is 12.1. The predicted octanol–water partition coefficient (Wildman–Crippen LogP) is 0.226. The Morgan fingerprint density at radius 3 is 2.28 bits per heavy atom. The van der Waals surface area contributed by atoms with Gasteiger partial charge in [0.25, 0.3) is 5.91 Å². The van der Waals surface area contributed by atoms with Crippen molar-refractivity contribution in [3.05, 3.63) is 29.8 Å². The van der Waals surface area contributed by atoms with Crippen LogP contribution in [0.5, 0.6) is 0 Å². The molecule has 25 heavy (non-hydrogen) atoms. The van der Waals surface area contributed by atoms with Crippen LogP contribution in [0.15, 0.2) is 24.3 Å². The molecule has 1 heterocycles. The lowest BCUT2D eigenvalue weighted by atomic mass is 9.98. The van der Waals surface area contributed by atoms with E-state index in [1.165, 1.54) is 4.31 Å². The summed E-state index contributed by atoms with van der Waals surface area (Å²) in [5.74, 6) is -0.956. The number of benzene rings is 1. The zero-order chi connectivity index (χ0) is 18.4. The fourth-order valence-electron chi connectivity index (χ4n) is 2.58. The van der Waals surface area contributed by atoms with Crippen molar-refractivity contribution >= 4 is 27.5 Å². The lowest BCUT2D eigenvalue weighted by molar-refractivity contribution is -0.131. The van der Waals surface area contributed by atoms with Gasteiger partial charge in [0.05, 0.1) is 12.8 Å². The van der Waals surface area contributed by atoms with Gasteiger partial charge in [-0.25, -0.2) is 12.7 Å². The summed E-state index contributed by atoms with van der Waals surface area (Å²) in [6.45, 7) is 2.65. The van der Waals surface area contributed by atoms with E-state index in [9.17, 15) is 18.0 Å². The van der Waals surface area contributed by atoms with Crippen molar-refractivity contribution in [1.82, 2.24) is 15.2 Å². The second-order valence-corrected chi connectivity index (χ2v) is 8.18. The maximum absolute atomic E-state index is 12.1. The van der Waals surface area contributed by atoms with Gasteiger partial charge in [-0.15, -0.1) is 0 Å². The Hall–Kier alpha value is -2.13. The molecule has 0 atom stereocenters. The van der Waals surface area contributed by atoms with Crippen LogP contribution in [-0.4, -0.2) is 50.4 Å². The fourth-order valence-corrected chi connectivity index (χ4v) is 3.46. The molecule has 1 saturated heterocycles. The van der Waals surface area contributed by atoms with Crippen molar-refractivity contribution in [3.63, 3.8) is 0 Å². The third-order valence-corrected chi connectivity index (χ3v) is 5.43. The summed E-state index contributed by atoms with van der Waals surface area (Å²) in [5, 5.41) is 2.96. The molecule has 0 unspecified atom stereocenters. The monoisotopic (exact) mass is 368 g/mol. The molecular weight excluding hydrogens is 344 g/mol. The quantitative estimate of drug-likeness (QED) is 0.645. The summed E-state index contributed by atoms with van der Waals surface area (Å²) >= 11 is 0. The third-order valence-electron chi connectivity index (χ3n) is 4.12. The smallest absolute Gasteiger partial charge is 0.257 e. The number of hydrogen-bond acceptors (Lipinski definition) is 5. The Morgan fingerprint density at radius 1 is 1.12 bits per heavy atom. The predicted molar refractivity (Wildman–Crippen MR) is 95.1 cm³/mol. The minimum Gasteiger partial charge on any atom is -0.376 e. The summed E-state index contributed by atoms with van der Waals surface area (Å²) < 4.78 is 24.3. The van der Waals surface area contributed by atoms with Crippen molar-refractivity contribution in [2.75, 3.05) is 31.2 Å². The van der Waals surface area contributed by atoms with E-state index in [0.717, 1.165) is 17.5 Å². The number of nitrogens with one attached hydrogen (secondary N) is 3. The molecule has 138 valence electrons. The number of nitrogens with zero attached hydrogens (tertiary/aromatic N) is 1. The summed E-state index contributed by atoms with van der Waals surface area (Å²) in [4.78, 5) is 23.8. The standard InChI is InChI=1S/C16H24N4O4S/c1-12-3-5-14(6-4-12)17-11-15(21)18-19-16(22)13-7-9-20(10-8-13)25(2,23)24/h3-6,13,17H,7-11H2,1-2H3,(H,18,21)(H,19,22).